The van der Waals surface area contributed by atoms with E-state index in [1.807, 2.05) is 0 Å². The van der Waals surface area contributed by atoms with E-state index in [0.29, 0.717) is 19.5 Å². The molecule has 1 aromatic carbocycles. The molecule has 8 nitrogen and oxygen atoms in total. The maximum atomic E-state index is 12.8. The Labute approximate surface area is 157 Å². The number of nitrogens with zero attached hydrogens (tertiary/aromatic N) is 3. The molecule has 1 aliphatic rings. The van der Waals surface area contributed by atoms with E-state index in [2.05, 4.69) is 4.98 Å². The van der Waals surface area contributed by atoms with Crippen molar-refractivity contribution in [2.45, 2.75) is 11.3 Å². The molecule has 3 rings (SSSR count). The van der Waals surface area contributed by atoms with Crippen LogP contribution in [0.15, 0.2) is 53.6 Å². The number of hydrogen-bond acceptors (Lipinski definition) is 5. The molecular formula is C18H19N3O5S. The van der Waals surface area contributed by atoms with Gasteiger partial charge in [0.2, 0.25) is 10.0 Å². The highest BCUT2D eigenvalue weighted by atomic mass is 32.2. The zero-order valence-electron chi connectivity index (χ0n) is 14.5. The van der Waals surface area contributed by atoms with Crippen molar-refractivity contribution in [3.05, 3.63) is 59.9 Å². The average Bonchev–Trinajstić information content (AvgIpc) is 2.95. The molecule has 142 valence electrons. The molecule has 0 spiro atoms. The number of hydrogen-bond donors (Lipinski definition) is 1. The lowest BCUT2D eigenvalue weighted by molar-refractivity contribution is 0.0696. The molecule has 0 saturated carbocycles. The van der Waals surface area contributed by atoms with Gasteiger partial charge in [-0.05, 0) is 30.7 Å². The molecule has 1 amide bonds. The Balaban J connectivity index is 1.74. The van der Waals surface area contributed by atoms with Crippen LogP contribution in [0.2, 0.25) is 0 Å². The summed E-state index contributed by atoms with van der Waals surface area (Å²) >= 11 is 0. The summed E-state index contributed by atoms with van der Waals surface area (Å²) in [4.78, 5) is 29.4. The lowest BCUT2D eigenvalue weighted by atomic mass is 10.2. The van der Waals surface area contributed by atoms with Gasteiger partial charge >= 0.3 is 5.97 Å². The van der Waals surface area contributed by atoms with Crippen LogP contribution in [0, 0.1) is 0 Å². The SMILES string of the molecule is O=C(O)c1ccnc(C(=O)N2CCCN(S(=O)(=O)c3ccccc3)CC2)c1. The number of aromatic nitrogens is 1. The normalized spacial score (nSPS) is 15.9. The van der Waals surface area contributed by atoms with Crippen molar-refractivity contribution in [3.63, 3.8) is 0 Å². The monoisotopic (exact) mass is 389 g/mol. The van der Waals surface area contributed by atoms with Gasteiger partial charge in [-0.3, -0.25) is 9.78 Å². The first-order chi connectivity index (χ1) is 12.9. The second-order valence-corrected chi connectivity index (χ2v) is 8.04. The van der Waals surface area contributed by atoms with Gasteiger partial charge in [0.05, 0.1) is 10.5 Å². The predicted molar refractivity (Wildman–Crippen MR) is 96.9 cm³/mol. The fourth-order valence-corrected chi connectivity index (χ4v) is 4.41. The van der Waals surface area contributed by atoms with Crippen LogP contribution < -0.4 is 0 Å². The van der Waals surface area contributed by atoms with Crippen molar-refractivity contribution in [1.82, 2.24) is 14.2 Å². The van der Waals surface area contributed by atoms with Crippen molar-refractivity contribution in [1.29, 1.82) is 0 Å². The van der Waals surface area contributed by atoms with E-state index in [1.165, 1.54) is 27.5 Å². The van der Waals surface area contributed by atoms with Crippen molar-refractivity contribution < 1.29 is 23.1 Å². The second-order valence-electron chi connectivity index (χ2n) is 6.10. The minimum atomic E-state index is -3.62. The van der Waals surface area contributed by atoms with Gasteiger partial charge in [0.1, 0.15) is 5.69 Å². The molecule has 1 aromatic heterocycles. The maximum absolute atomic E-state index is 12.8. The van der Waals surface area contributed by atoms with Crippen LogP contribution in [-0.4, -0.2) is 65.8 Å². The summed E-state index contributed by atoms with van der Waals surface area (Å²) in [6, 6.07) is 10.7. The topological polar surface area (TPSA) is 108 Å². The summed E-state index contributed by atoms with van der Waals surface area (Å²) in [6.45, 7) is 1.06. The van der Waals surface area contributed by atoms with E-state index in [0.717, 1.165) is 0 Å². The molecular weight excluding hydrogens is 370 g/mol. The maximum Gasteiger partial charge on any atom is 0.335 e. The van der Waals surface area contributed by atoms with E-state index < -0.39 is 21.9 Å². The molecule has 1 saturated heterocycles. The molecule has 1 fully saturated rings. The third-order valence-corrected chi connectivity index (χ3v) is 6.26. The van der Waals surface area contributed by atoms with Crippen LogP contribution >= 0.6 is 0 Å². The van der Waals surface area contributed by atoms with Gasteiger partial charge in [0.15, 0.2) is 0 Å². The molecule has 2 heterocycles. The number of pyridine rings is 1. The summed E-state index contributed by atoms with van der Waals surface area (Å²) in [6.07, 6.45) is 1.76. The van der Waals surface area contributed by atoms with Crippen molar-refractivity contribution >= 4 is 21.9 Å². The van der Waals surface area contributed by atoms with E-state index in [4.69, 9.17) is 5.11 Å². The molecule has 0 unspecified atom stereocenters. The van der Waals surface area contributed by atoms with Gasteiger partial charge < -0.3 is 10.0 Å². The number of carboxylic acids is 1. The van der Waals surface area contributed by atoms with Crippen LogP contribution in [0.25, 0.3) is 0 Å². The minimum absolute atomic E-state index is 0.0172. The third-order valence-electron chi connectivity index (χ3n) is 4.35. The number of benzene rings is 1. The van der Waals surface area contributed by atoms with Crippen molar-refractivity contribution in [2.24, 2.45) is 0 Å². The molecule has 9 heteroatoms. The van der Waals surface area contributed by atoms with E-state index in [9.17, 15) is 18.0 Å². The van der Waals surface area contributed by atoms with E-state index >= 15 is 0 Å². The fourth-order valence-electron chi connectivity index (χ4n) is 2.92. The average molecular weight is 389 g/mol. The Morgan fingerprint density at radius 2 is 1.74 bits per heavy atom. The minimum Gasteiger partial charge on any atom is -0.478 e. The molecule has 1 N–H and O–H groups in total. The van der Waals surface area contributed by atoms with Gasteiger partial charge in [-0.1, -0.05) is 18.2 Å². The fraction of sp³-hybridized carbons (Fsp3) is 0.278. The summed E-state index contributed by atoms with van der Waals surface area (Å²) < 4.78 is 26.9. The smallest absolute Gasteiger partial charge is 0.335 e. The Morgan fingerprint density at radius 1 is 1.00 bits per heavy atom. The largest absolute Gasteiger partial charge is 0.478 e. The van der Waals surface area contributed by atoms with Crippen molar-refractivity contribution in [3.8, 4) is 0 Å². The Kier molecular flexibility index (Phi) is 5.52. The number of amides is 1. The first-order valence-electron chi connectivity index (χ1n) is 8.43. The number of carbonyl (C=O) groups excluding carboxylic acids is 1. The Morgan fingerprint density at radius 3 is 2.44 bits per heavy atom. The van der Waals surface area contributed by atoms with E-state index in [-0.39, 0.29) is 29.2 Å². The van der Waals surface area contributed by atoms with Crippen LogP contribution in [0.5, 0.6) is 0 Å². The number of aromatic carboxylic acids is 1. The lowest BCUT2D eigenvalue weighted by Crippen LogP contribution is -2.37. The first kappa shape index (κ1) is 19.0. The zero-order chi connectivity index (χ0) is 19.4. The predicted octanol–water partition coefficient (Wildman–Crippen LogP) is 1.32. The number of carboxylic acid groups (broad SMARTS) is 1. The third kappa shape index (κ3) is 4.15. The summed E-state index contributed by atoms with van der Waals surface area (Å²) in [5.41, 5.74) is 0.0192. The quantitative estimate of drug-likeness (QED) is 0.845. The van der Waals surface area contributed by atoms with Gasteiger partial charge in [-0.2, -0.15) is 4.31 Å². The van der Waals surface area contributed by atoms with Crippen LogP contribution in [-0.2, 0) is 10.0 Å². The standard InChI is InChI=1S/C18H19N3O5S/c22-17(16-13-14(18(23)24)7-8-19-16)20-9-4-10-21(12-11-20)27(25,26)15-5-2-1-3-6-15/h1-3,5-8,13H,4,9-12H2,(H,23,24). The van der Waals surface area contributed by atoms with Gasteiger partial charge in [0.25, 0.3) is 5.91 Å². The Bertz CT molecular complexity index is 946. The molecule has 27 heavy (non-hydrogen) atoms. The zero-order valence-corrected chi connectivity index (χ0v) is 15.3. The first-order valence-corrected chi connectivity index (χ1v) is 9.87. The van der Waals surface area contributed by atoms with Crippen LogP contribution in [0.3, 0.4) is 0 Å². The number of rotatable bonds is 4. The van der Waals surface area contributed by atoms with Crippen LogP contribution in [0.4, 0.5) is 0 Å². The second kappa shape index (κ2) is 7.85. The molecule has 0 aliphatic carbocycles. The molecule has 2 aromatic rings. The molecule has 0 atom stereocenters. The molecule has 0 radical (unpaired) electrons. The van der Waals surface area contributed by atoms with E-state index in [1.54, 1.807) is 30.3 Å². The van der Waals surface area contributed by atoms with Crippen molar-refractivity contribution in [2.75, 3.05) is 26.2 Å². The summed E-state index contributed by atoms with van der Waals surface area (Å²) in [5.74, 6) is -1.54. The van der Waals surface area contributed by atoms with Gasteiger partial charge in [-0.25, -0.2) is 13.2 Å². The molecule has 0 bridgehead atoms. The van der Waals surface area contributed by atoms with Gasteiger partial charge in [-0.15, -0.1) is 0 Å². The molecule has 1 aliphatic heterocycles. The highest BCUT2D eigenvalue weighted by molar-refractivity contribution is 7.89. The Hall–Kier alpha value is -2.78. The van der Waals surface area contributed by atoms with Crippen LogP contribution in [0.1, 0.15) is 27.3 Å². The number of sulfonamides is 1. The highest BCUT2D eigenvalue weighted by Crippen LogP contribution is 2.18. The summed E-state index contributed by atoms with van der Waals surface area (Å²) in [7, 11) is -3.62. The summed E-state index contributed by atoms with van der Waals surface area (Å²) in [5, 5.41) is 9.05. The lowest BCUT2D eigenvalue weighted by Gasteiger charge is -2.21. The highest BCUT2D eigenvalue weighted by Gasteiger charge is 2.28. The van der Waals surface area contributed by atoms with Gasteiger partial charge in [0, 0.05) is 32.4 Å². The number of carbonyl (C=O) groups is 2.